The highest BCUT2D eigenvalue weighted by atomic mass is 31.2. The van der Waals surface area contributed by atoms with Crippen LogP contribution in [0.15, 0.2) is 108 Å². The van der Waals surface area contributed by atoms with Gasteiger partial charge in [0.05, 0.1) is 31.5 Å². The first kappa shape index (κ1) is 35.7. The average Bonchev–Trinajstić information content (AvgIpc) is 3.59. The number of benzene rings is 3. The highest BCUT2D eigenvalue weighted by Crippen LogP contribution is 2.51. The number of ether oxygens (including phenoxy) is 2. The molecule has 1 aliphatic rings. The maximum Gasteiger partial charge on any atom is 0.356 e. The Kier molecular flexibility index (Phi) is 12.4. The van der Waals surface area contributed by atoms with Crippen molar-refractivity contribution < 1.29 is 23.1 Å². The lowest BCUT2D eigenvalue weighted by atomic mass is 9.80. The molecule has 9 nitrogen and oxygen atoms in total. The molecule has 5 rings (SSSR count). The van der Waals surface area contributed by atoms with Gasteiger partial charge in [0.2, 0.25) is 0 Å². The maximum atomic E-state index is 13.8. The van der Waals surface area contributed by atoms with Gasteiger partial charge in [-0.05, 0) is 63.3 Å². The second-order valence-electron chi connectivity index (χ2n) is 12.8. The molecule has 1 aromatic heterocycles. The van der Waals surface area contributed by atoms with Crippen molar-refractivity contribution >= 4 is 13.4 Å². The quantitative estimate of drug-likeness (QED) is 0.0890. The van der Waals surface area contributed by atoms with Crippen molar-refractivity contribution in [2.45, 2.75) is 89.9 Å². The first-order valence-corrected chi connectivity index (χ1v) is 18.6. The van der Waals surface area contributed by atoms with Gasteiger partial charge in [-0.2, -0.15) is 4.98 Å². The molecule has 1 N–H and O–H groups in total. The average molecular weight is 674 g/mol. The first-order valence-electron chi connectivity index (χ1n) is 16.9. The summed E-state index contributed by atoms with van der Waals surface area (Å²) in [6, 6.07) is 32.3. The SMILES string of the molecule is CC(C)OP(=O)(CO[C@H](COC(c1ccccc1)(c1ccccc1)c1ccccc1)Cn1ccc(NC2CCCC2)nc1=O)OC(C)C. The fraction of sp³-hybridized carbons (Fsp3) is 0.421. The van der Waals surface area contributed by atoms with Crippen LogP contribution >= 0.6 is 7.60 Å². The zero-order valence-corrected chi connectivity index (χ0v) is 29.3. The molecule has 0 amide bonds. The minimum Gasteiger partial charge on any atom is -0.367 e. The Bertz CT molecular complexity index is 1550. The van der Waals surface area contributed by atoms with Gasteiger partial charge in [-0.25, -0.2) is 4.79 Å². The number of nitrogens with one attached hydrogen (secondary N) is 1. The third-order valence-electron chi connectivity index (χ3n) is 8.22. The van der Waals surface area contributed by atoms with E-state index in [-0.39, 0.29) is 31.7 Å². The van der Waals surface area contributed by atoms with Gasteiger partial charge in [-0.3, -0.25) is 9.13 Å². The molecule has 0 unspecified atom stereocenters. The standard InChI is InChI=1S/C38H48N3O6P/c1-29(2)46-48(43,47-30(3)4)28-44-35(26-41-25-24-36(40-37(41)42)39-34-22-14-15-23-34)27-45-38(31-16-8-5-9-17-31,32-18-10-6-11-19-32)33-20-12-7-13-21-33/h5-13,16-21,24-25,29-30,34-35H,14-15,22-23,26-28H2,1-4H3,(H,39,40,42)/t35-/m0/s1. The normalized spacial score (nSPS) is 14.9. The lowest BCUT2D eigenvalue weighted by Crippen LogP contribution is -2.39. The topological polar surface area (TPSA) is 101 Å². The lowest BCUT2D eigenvalue weighted by Gasteiger charge is -2.37. The minimum absolute atomic E-state index is 0.0382. The molecule has 0 spiro atoms. The second-order valence-corrected chi connectivity index (χ2v) is 14.7. The Morgan fingerprint density at radius 3 is 1.77 bits per heavy atom. The molecule has 48 heavy (non-hydrogen) atoms. The van der Waals surface area contributed by atoms with E-state index in [0.717, 1.165) is 29.5 Å². The molecular weight excluding hydrogens is 625 g/mol. The number of hydrogen-bond donors (Lipinski definition) is 1. The van der Waals surface area contributed by atoms with Crippen molar-refractivity contribution in [2.24, 2.45) is 0 Å². The fourth-order valence-electron chi connectivity index (χ4n) is 6.21. The van der Waals surface area contributed by atoms with Crippen LogP contribution in [0.2, 0.25) is 0 Å². The number of rotatable bonds is 17. The van der Waals surface area contributed by atoms with Crippen molar-refractivity contribution in [2.75, 3.05) is 18.3 Å². The highest BCUT2D eigenvalue weighted by molar-refractivity contribution is 7.53. The van der Waals surface area contributed by atoms with Gasteiger partial charge in [0.25, 0.3) is 0 Å². The second kappa shape index (κ2) is 16.7. The summed E-state index contributed by atoms with van der Waals surface area (Å²) in [5, 5.41) is 3.39. The summed E-state index contributed by atoms with van der Waals surface area (Å²) in [5.41, 5.74) is 1.36. The van der Waals surface area contributed by atoms with Crippen molar-refractivity contribution in [3.8, 4) is 0 Å². The molecule has 1 fully saturated rings. The van der Waals surface area contributed by atoms with Crippen LogP contribution in [-0.2, 0) is 35.2 Å². The summed E-state index contributed by atoms with van der Waals surface area (Å²) >= 11 is 0. The number of nitrogens with zero attached hydrogens (tertiary/aromatic N) is 2. The zero-order chi connectivity index (χ0) is 34.0. The van der Waals surface area contributed by atoms with E-state index in [0.29, 0.717) is 11.9 Å². The summed E-state index contributed by atoms with van der Waals surface area (Å²) in [5.74, 6) is 0.563. The van der Waals surface area contributed by atoms with E-state index in [1.54, 1.807) is 33.9 Å². The Balaban J connectivity index is 1.49. The number of anilines is 1. The van der Waals surface area contributed by atoms with E-state index < -0.39 is 25.0 Å². The summed E-state index contributed by atoms with van der Waals surface area (Å²) in [6.07, 6.45) is 4.48. The van der Waals surface area contributed by atoms with Crippen LogP contribution in [0.25, 0.3) is 0 Å². The van der Waals surface area contributed by atoms with Crippen LogP contribution in [0.1, 0.15) is 70.1 Å². The molecule has 0 radical (unpaired) electrons. The van der Waals surface area contributed by atoms with Crippen LogP contribution in [0.5, 0.6) is 0 Å². The molecule has 0 saturated heterocycles. The van der Waals surface area contributed by atoms with Crippen LogP contribution in [-0.4, -0.2) is 46.9 Å². The van der Waals surface area contributed by atoms with Gasteiger partial charge in [0.15, 0.2) is 0 Å². The number of hydrogen-bond acceptors (Lipinski definition) is 8. The number of aromatic nitrogens is 2. The maximum absolute atomic E-state index is 13.8. The third kappa shape index (κ3) is 9.30. The summed E-state index contributed by atoms with van der Waals surface area (Å²) in [6.45, 7) is 7.35. The molecule has 1 atom stereocenters. The summed E-state index contributed by atoms with van der Waals surface area (Å²) in [4.78, 5) is 17.6. The lowest BCUT2D eigenvalue weighted by molar-refractivity contribution is -0.0648. The molecular formula is C38H48N3O6P. The van der Waals surface area contributed by atoms with E-state index >= 15 is 0 Å². The molecule has 1 saturated carbocycles. The van der Waals surface area contributed by atoms with Crippen molar-refractivity contribution in [1.29, 1.82) is 0 Å². The van der Waals surface area contributed by atoms with E-state index in [1.807, 2.05) is 97.1 Å². The van der Waals surface area contributed by atoms with Crippen LogP contribution in [0.3, 0.4) is 0 Å². The zero-order valence-electron chi connectivity index (χ0n) is 28.4. The Hall–Kier alpha value is -3.59. The Labute approximate surface area is 284 Å². The van der Waals surface area contributed by atoms with Gasteiger partial charge < -0.3 is 23.8 Å². The van der Waals surface area contributed by atoms with Gasteiger partial charge in [0.1, 0.15) is 17.8 Å². The highest BCUT2D eigenvalue weighted by Gasteiger charge is 2.39. The molecule has 1 heterocycles. The molecule has 256 valence electrons. The Morgan fingerprint density at radius 1 is 0.812 bits per heavy atom. The molecule has 4 aromatic rings. The van der Waals surface area contributed by atoms with Crippen molar-refractivity contribution in [3.63, 3.8) is 0 Å². The van der Waals surface area contributed by atoms with E-state index in [4.69, 9.17) is 18.5 Å². The van der Waals surface area contributed by atoms with Crippen LogP contribution in [0, 0.1) is 0 Å². The molecule has 0 bridgehead atoms. The smallest absolute Gasteiger partial charge is 0.356 e. The molecule has 0 aliphatic heterocycles. The van der Waals surface area contributed by atoms with E-state index in [2.05, 4.69) is 10.3 Å². The summed E-state index contributed by atoms with van der Waals surface area (Å²) in [7, 11) is -3.66. The van der Waals surface area contributed by atoms with Gasteiger partial charge in [0, 0.05) is 12.2 Å². The molecule has 10 heteroatoms. The van der Waals surface area contributed by atoms with Gasteiger partial charge in [-0.15, -0.1) is 0 Å². The first-order chi connectivity index (χ1) is 23.2. The van der Waals surface area contributed by atoms with E-state index in [9.17, 15) is 9.36 Å². The van der Waals surface area contributed by atoms with Crippen LogP contribution < -0.4 is 11.0 Å². The monoisotopic (exact) mass is 673 g/mol. The van der Waals surface area contributed by atoms with Crippen molar-refractivity contribution in [3.05, 3.63) is 130 Å². The van der Waals surface area contributed by atoms with Gasteiger partial charge in [-0.1, -0.05) is 104 Å². The largest absolute Gasteiger partial charge is 0.367 e. The Morgan fingerprint density at radius 2 is 1.31 bits per heavy atom. The predicted octanol–water partition coefficient (Wildman–Crippen LogP) is 7.99. The van der Waals surface area contributed by atoms with Crippen LogP contribution in [0.4, 0.5) is 5.82 Å². The summed E-state index contributed by atoms with van der Waals surface area (Å²) < 4.78 is 40.3. The van der Waals surface area contributed by atoms with Crippen molar-refractivity contribution in [1.82, 2.24) is 9.55 Å². The molecule has 1 aliphatic carbocycles. The van der Waals surface area contributed by atoms with E-state index in [1.165, 1.54) is 17.4 Å². The minimum atomic E-state index is -3.66. The third-order valence-corrected chi connectivity index (χ3v) is 10.2. The predicted molar refractivity (Wildman–Crippen MR) is 189 cm³/mol. The van der Waals surface area contributed by atoms with Gasteiger partial charge >= 0.3 is 13.3 Å². The molecule has 3 aromatic carbocycles. The fourth-order valence-corrected chi connectivity index (χ4v) is 8.06.